The number of fused-ring (bicyclic) bond motifs is 1. The van der Waals surface area contributed by atoms with Gasteiger partial charge in [-0.3, -0.25) is 0 Å². The lowest BCUT2D eigenvalue weighted by Crippen LogP contribution is -2.25. The number of para-hydroxylation sites is 1. The molecule has 0 bridgehead atoms. The summed E-state index contributed by atoms with van der Waals surface area (Å²) in [5.41, 5.74) is 2.09. The largest absolute Gasteiger partial charge is 0.315 e. The van der Waals surface area contributed by atoms with Gasteiger partial charge in [-0.2, -0.15) is 0 Å². The van der Waals surface area contributed by atoms with Crippen LogP contribution in [0.2, 0.25) is 0 Å². The van der Waals surface area contributed by atoms with Crippen molar-refractivity contribution in [3.63, 3.8) is 0 Å². The van der Waals surface area contributed by atoms with Gasteiger partial charge in [-0.25, -0.2) is 4.68 Å². The zero-order valence-corrected chi connectivity index (χ0v) is 9.85. The van der Waals surface area contributed by atoms with Gasteiger partial charge < -0.3 is 5.32 Å². The molecule has 1 heterocycles. The third-order valence-corrected chi connectivity index (χ3v) is 2.82. The van der Waals surface area contributed by atoms with Crippen LogP contribution in [0.3, 0.4) is 0 Å². The summed E-state index contributed by atoms with van der Waals surface area (Å²) in [5, 5.41) is 11.8. The third-order valence-electron chi connectivity index (χ3n) is 2.82. The number of nitrogens with zero attached hydrogens (tertiary/aromatic N) is 3. The molecule has 1 atom stereocenters. The smallest absolute Gasteiger partial charge is 0.113 e. The Morgan fingerprint density at radius 2 is 2.12 bits per heavy atom. The minimum Gasteiger partial charge on any atom is -0.315 e. The van der Waals surface area contributed by atoms with Crippen LogP contribution < -0.4 is 5.32 Å². The fraction of sp³-hybridized carbons (Fsp3) is 0.500. The Kier molecular flexibility index (Phi) is 3.51. The van der Waals surface area contributed by atoms with Crippen molar-refractivity contribution in [1.82, 2.24) is 20.3 Å². The van der Waals surface area contributed by atoms with E-state index in [1.807, 2.05) is 22.9 Å². The van der Waals surface area contributed by atoms with E-state index in [0.29, 0.717) is 6.04 Å². The fourth-order valence-corrected chi connectivity index (χ4v) is 1.87. The average Bonchev–Trinajstić information content (AvgIpc) is 2.75. The highest BCUT2D eigenvalue weighted by Gasteiger charge is 2.12. The summed E-state index contributed by atoms with van der Waals surface area (Å²) in [6.45, 7) is 6.23. The number of nitrogens with one attached hydrogen (secondary N) is 1. The second kappa shape index (κ2) is 5.07. The number of hydrogen-bond donors (Lipinski definition) is 1. The molecule has 1 N–H and O–H groups in total. The first-order valence-corrected chi connectivity index (χ1v) is 5.87. The van der Waals surface area contributed by atoms with Crippen molar-refractivity contribution < 1.29 is 0 Å². The number of rotatable bonds is 5. The van der Waals surface area contributed by atoms with Gasteiger partial charge in [-0.1, -0.05) is 31.2 Å². The molecule has 16 heavy (non-hydrogen) atoms. The first-order chi connectivity index (χ1) is 7.86. The minimum absolute atomic E-state index is 0.382. The van der Waals surface area contributed by atoms with E-state index in [4.69, 9.17) is 0 Å². The van der Waals surface area contributed by atoms with Gasteiger partial charge in [-0.05, 0) is 25.1 Å². The molecule has 1 aromatic heterocycles. The number of likely N-dealkylation sites (N-methyl/N-ethyl adjacent to an activating group) is 1. The standard InChI is InChI=1S/C12H18N4/c1-3-10(9-13-4-2)16-12-8-6-5-7-11(12)14-15-16/h5-8,10,13H,3-4,9H2,1-2H3. The topological polar surface area (TPSA) is 42.7 Å². The molecule has 1 aromatic carbocycles. The van der Waals surface area contributed by atoms with E-state index >= 15 is 0 Å². The van der Waals surface area contributed by atoms with Crippen molar-refractivity contribution in [2.75, 3.05) is 13.1 Å². The van der Waals surface area contributed by atoms with Crippen LogP contribution in [0.4, 0.5) is 0 Å². The van der Waals surface area contributed by atoms with Crippen LogP contribution in [0.1, 0.15) is 26.3 Å². The van der Waals surface area contributed by atoms with Crippen molar-refractivity contribution in [2.24, 2.45) is 0 Å². The Hall–Kier alpha value is -1.42. The van der Waals surface area contributed by atoms with Crippen molar-refractivity contribution >= 4 is 11.0 Å². The van der Waals surface area contributed by atoms with Crippen molar-refractivity contribution in [1.29, 1.82) is 0 Å². The van der Waals surface area contributed by atoms with Gasteiger partial charge in [0.05, 0.1) is 11.6 Å². The maximum absolute atomic E-state index is 4.25. The number of benzene rings is 1. The molecule has 0 saturated heterocycles. The van der Waals surface area contributed by atoms with Gasteiger partial charge in [0.15, 0.2) is 0 Å². The predicted octanol–water partition coefficient (Wildman–Crippen LogP) is 1.99. The van der Waals surface area contributed by atoms with E-state index in [2.05, 4.69) is 35.5 Å². The minimum atomic E-state index is 0.382. The van der Waals surface area contributed by atoms with Crippen LogP contribution in [0.15, 0.2) is 24.3 Å². The Labute approximate surface area is 95.6 Å². The number of hydrogen-bond acceptors (Lipinski definition) is 3. The van der Waals surface area contributed by atoms with E-state index < -0.39 is 0 Å². The summed E-state index contributed by atoms with van der Waals surface area (Å²) < 4.78 is 2.03. The second-order valence-electron chi connectivity index (χ2n) is 3.89. The summed E-state index contributed by atoms with van der Waals surface area (Å²) in [6.07, 6.45) is 1.06. The summed E-state index contributed by atoms with van der Waals surface area (Å²) >= 11 is 0. The van der Waals surface area contributed by atoms with E-state index in [9.17, 15) is 0 Å². The van der Waals surface area contributed by atoms with E-state index in [0.717, 1.165) is 30.5 Å². The van der Waals surface area contributed by atoms with Crippen LogP contribution in [0.5, 0.6) is 0 Å². The molecule has 4 nitrogen and oxygen atoms in total. The maximum atomic E-state index is 4.25. The highest BCUT2D eigenvalue weighted by atomic mass is 15.4. The van der Waals surface area contributed by atoms with Crippen LogP contribution in [0, 0.1) is 0 Å². The molecule has 0 saturated carbocycles. The first kappa shape index (κ1) is 11.1. The highest BCUT2D eigenvalue weighted by molar-refractivity contribution is 5.73. The molecule has 0 fully saturated rings. The second-order valence-corrected chi connectivity index (χ2v) is 3.89. The molecular formula is C12H18N4. The van der Waals surface area contributed by atoms with E-state index in [1.54, 1.807) is 0 Å². The van der Waals surface area contributed by atoms with Gasteiger partial charge in [0, 0.05) is 6.54 Å². The Morgan fingerprint density at radius 1 is 1.31 bits per heavy atom. The molecule has 1 unspecified atom stereocenters. The lowest BCUT2D eigenvalue weighted by molar-refractivity contribution is 0.418. The first-order valence-electron chi connectivity index (χ1n) is 5.87. The predicted molar refractivity (Wildman–Crippen MR) is 65.4 cm³/mol. The average molecular weight is 218 g/mol. The normalized spacial score (nSPS) is 13.1. The Balaban J connectivity index is 2.30. The summed E-state index contributed by atoms with van der Waals surface area (Å²) in [7, 11) is 0. The summed E-state index contributed by atoms with van der Waals surface area (Å²) in [6, 6.07) is 8.48. The van der Waals surface area contributed by atoms with Crippen LogP contribution >= 0.6 is 0 Å². The Morgan fingerprint density at radius 3 is 2.88 bits per heavy atom. The van der Waals surface area contributed by atoms with E-state index in [1.165, 1.54) is 0 Å². The van der Waals surface area contributed by atoms with Gasteiger partial charge >= 0.3 is 0 Å². The van der Waals surface area contributed by atoms with E-state index in [-0.39, 0.29) is 0 Å². The summed E-state index contributed by atoms with van der Waals surface area (Å²) in [4.78, 5) is 0. The van der Waals surface area contributed by atoms with Gasteiger partial charge in [-0.15, -0.1) is 5.10 Å². The fourth-order valence-electron chi connectivity index (χ4n) is 1.87. The van der Waals surface area contributed by atoms with Crippen molar-refractivity contribution in [2.45, 2.75) is 26.3 Å². The van der Waals surface area contributed by atoms with Gasteiger partial charge in [0.2, 0.25) is 0 Å². The molecule has 0 aliphatic carbocycles. The summed E-state index contributed by atoms with van der Waals surface area (Å²) in [5.74, 6) is 0. The van der Waals surface area contributed by atoms with Crippen molar-refractivity contribution in [3.05, 3.63) is 24.3 Å². The molecule has 0 amide bonds. The van der Waals surface area contributed by atoms with Crippen LogP contribution in [-0.2, 0) is 0 Å². The molecule has 0 spiro atoms. The lowest BCUT2D eigenvalue weighted by Gasteiger charge is -2.15. The molecule has 2 rings (SSSR count). The molecule has 0 aliphatic heterocycles. The molecule has 0 aliphatic rings. The molecule has 2 aromatic rings. The molecule has 0 radical (unpaired) electrons. The molecular weight excluding hydrogens is 200 g/mol. The zero-order chi connectivity index (χ0) is 11.4. The quantitative estimate of drug-likeness (QED) is 0.834. The van der Waals surface area contributed by atoms with Gasteiger partial charge in [0.25, 0.3) is 0 Å². The third kappa shape index (κ3) is 2.07. The highest BCUT2D eigenvalue weighted by Crippen LogP contribution is 2.17. The Bertz CT molecular complexity index is 449. The van der Waals surface area contributed by atoms with Gasteiger partial charge in [0.1, 0.15) is 5.52 Å². The maximum Gasteiger partial charge on any atom is 0.113 e. The monoisotopic (exact) mass is 218 g/mol. The SMILES string of the molecule is CCNCC(CC)n1nnc2ccccc21. The number of aromatic nitrogens is 3. The molecule has 4 heteroatoms. The van der Waals surface area contributed by atoms with Crippen LogP contribution in [-0.4, -0.2) is 28.1 Å². The molecule has 86 valence electrons. The zero-order valence-electron chi connectivity index (χ0n) is 9.85. The van der Waals surface area contributed by atoms with Crippen LogP contribution in [0.25, 0.3) is 11.0 Å². The van der Waals surface area contributed by atoms with Crippen molar-refractivity contribution in [3.8, 4) is 0 Å². The lowest BCUT2D eigenvalue weighted by atomic mass is 10.2.